The molecule has 17 heavy (non-hydrogen) atoms. The summed E-state index contributed by atoms with van der Waals surface area (Å²) >= 11 is 0. The Morgan fingerprint density at radius 3 is 2.35 bits per heavy atom. The lowest BCUT2D eigenvalue weighted by Gasteiger charge is -2.00. The fraction of sp³-hybridized carbons (Fsp3) is 0. The molecule has 0 atom stereocenters. The van der Waals surface area contributed by atoms with E-state index in [1.165, 1.54) is 0 Å². The van der Waals surface area contributed by atoms with E-state index in [1.54, 1.807) is 12.3 Å². The van der Waals surface area contributed by atoms with Crippen molar-refractivity contribution in [2.45, 2.75) is 0 Å². The third kappa shape index (κ3) is 3.15. The molecule has 0 aliphatic carbocycles. The van der Waals surface area contributed by atoms with Crippen molar-refractivity contribution in [1.82, 2.24) is 4.98 Å². The van der Waals surface area contributed by atoms with E-state index in [9.17, 15) is 0 Å². The molecular weight excluding hydrogens is 238 g/mol. The van der Waals surface area contributed by atoms with E-state index in [1.807, 2.05) is 30.3 Å². The Bertz CT molecular complexity index is 513. The summed E-state index contributed by atoms with van der Waals surface area (Å²) in [5.74, 6) is 0.268. The molecule has 0 spiro atoms. The Kier molecular flexibility index (Phi) is 4.42. The number of anilines is 2. The van der Waals surface area contributed by atoms with Crippen LogP contribution in [0.2, 0.25) is 0 Å². The fourth-order valence-corrected chi connectivity index (χ4v) is 1.17. The topological polar surface area (TPSA) is 89.6 Å². The highest BCUT2D eigenvalue weighted by molar-refractivity contribution is 5.85. The van der Waals surface area contributed by atoms with E-state index >= 15 is 0 Å². The molecule has 0 radical (unpaired) electrons. The van der Waals surface area contributed by atoms with Crippen LogP contribution in [0.5, 0.6) is 0 Å². The maximum absolute atomic E-state index is 5.71. The Labute approximate surface area is 105 Å². The van der Waals surface area contributed by atoms with Crippen molar-refractivity contribution in [1.29, 1.82) is 0 Å². The summed E-state index contributed by atoms with van der Waals surface area (Å²) in [5, 5.41) is 8.06. The van der Waals surface area contributed by atoms with E-state index in [0.29, 0.717) is 11.4 Å². The second-order valence-corrected chi connectivity index (χ2v) is 3.16. The SMILES string of the molecule is Cl.Nc1nccc(N=Nc2ccccc2)c1N. The van der Waals surface area contributed by atoms with Gasteiger partial charge in [0.1, 0.15) is 17.2 Å². The normalized spacial score (nSPS) is 10.1. The summed E-state index contributed by atoms with van der Waals surface area (Å²) in [6.45, 7) is 0. The molecule has 0 aliphatic heterocycles. The molecule has 0 unspecified atom stereocenters. The third-order valence-electron chi connectivity index (χ3n) is 2.03. The van der Waals surface area contributed by atoms with Gasteiger partial charge in [-0.2, -0.15) is 5.11 Å². The molecule has 0 saturated heterocycles. The van der Waals surface area contributed by atoms with Gasteiger partial charge in [0.05, 0.1) is 5.69 Å². The number of nitrogens with two attached hydrogens (primary N) is 2. The van der Waals surface area contributed by atoms with Crippen LogP contribution in [0, 0.1) is 0 Å². The maximum Gasteiger partial charge on any atom is 0.148 e. The molecule has 0 saturated carbocycles. The van der Waals surface area contributed by atoms with Crippen LogP contribution in [0.15, 0.2) is 52.8 Å². The maximum atomic E-state index is 5.71. The van der Waals surface area contributed by atoms with Gasteiger partial charge in [-0.1, -0.05) is 18.2 Å². The standard InChI is InChI=1S/C11H11N5.ClH/c12-10-9(6-7-14-11(10)13)16-15-8-4-2-1-3-5-8;/h1-7H,12H2,(H2,13,14);1H. The number of benzene rings is 1. The second kappa shape index (κ2) is 5.81. The van der Waals surface area contributed by atoms with Crippen LogP contribution in [0.25, 0.3) is 0 Å². The Morgan fingerprint density at radius 1 is 0.941 bits per heavy atom. The van der Waals surface area contributed by atoms with Crippen molar-refractivity contribution < 1.29 is 0 Å². The quantitative estimate of drug-likeness (QED) is 0.802. The van der Waals surface area contributed by atoms with Crippen LogP contribution in [0.3, 0.4) is 0 Å². The summed E-state index contributed by atoms with van der Waals surface area (Å²) in [6.07, 6.45) is 1.55. The monoisotopic (exact) mass is 249 g/mol. The zero-order chi connectivity index (χ0) is 11.4. The van der Waals surface area contributed by atoms with Crippen LogP contribution < -0.4 is 11.5 Å². The van der Waals surface area contributed by atoms with Crippen molar-refractivity contribution in [3.05, 3.63) is 42.6 Å². The lowest BCUT2D eigenvalue weighted by molar-refractivity contribution is 1.21. The Balaban J connectivity index is 0.00000144. The predicted molar refractivity (Wildman–Crippen MR) is 70.9 cm³/mol. The molecule has 1 aromatic heterocycles. The third-order valence-corrected chi connectivity index (χ3v) is 2.03. The van der Waals surface area contributed by atoms with Crippen LogP contribution >= 0.6 is 12.4 Å². The number of hydrogen-bond donors (Lipinski definition) is 2. The largest absolute Gasteiger partial charge is 0.394 e. The molecule has 2 rings (SSSR count). The molecule has 88 valence electrons. The minimum absolute atomic E-state index is 0. The molecule has 2 aromatic rings. The van der Waals surface area contributed by atoms with Crippen molar-refractivity contribution in [3.8, 4) is 0 Å². The first-order chi connectivity index (χ1) is 7.77. The van der Waals surface area contributed by atoms with Gasteiger partial charge in [0.25, 0.3) is 0 Å². The number of rotatable bonds is 2. The number of halogens is 1. The predicted octanol–water partition coefficient (Wildman–Crippen LogP) is 3.08. The van der Waals surface area contributed by atoms with Crippen LogP contribution in [0.4, 0.5) is 22.9 Å². The number of hydrogen-bond acceptors (Lipinski definition) is 5. The molecule has 4 N–H and O–H groups in total. The van der Waals surface area contributed by atoms with Gasteiger partial charge in [0.15, 0.2) is 0 Å². The average molecular weight is 250 g/mol. The van der Waals surface area contributed by atoms with E-state index in [-0.39, 0.29) is 18.2 Å². The summed E-state index contributed by atoms with van der Waals surface area (Å²) in [5.41, 5.74) is 12.9. The molecule has 6 heteroatoms. The highest BCUT2D eigenvalue weighted by atomic mass is 35.5. The number of nitrogens with zero attached hydrogens (tertiary/aromatic N) is 3. The Morgan fingerprint density at radius 2 is 1.65 bits per heavy atom. The Hall–Kier alpha value is -2.14. The minimum Gasteiger partial charge on any atom is -0.394 e. The number of azo groups is 1. The van der Waals surface area contributed by atoms with Gasteiger partial charge >= 0.3 is 0 Å². The van der Waals surface area contributed by atoms with Gasteiger partial charge in [-0.25, -0.2) is 4.98 Å². The first-order valence-corrected chi connectivity index (χ1v) is 4.74. The average Bonchev–Trinajstić information content (AvgIpc) is 2.32. The zero-order valence-corrected chi connectivity index (χ0v) is 9.76. The first-order valence-electron chi connectivity index (χ1n) is 4.74. The lowest BCUT2D eigenvalue weighted by atomic mass is 10.3. The molecule has 0 aliphatic rings. The lowest BCUT2D eigenvalue weighted by Crippen LogP contribution is -1.96. The summed E-state index contributed by atoms with van der Waals surface area (Å²) in [7, 11) is 0. The highest BCUT2D eigenvalue weighted by Gasteiger charge is 2.01. The number of nitrogen functional groups attached to an aromatic ring is 2. The summed E-state index contributed by atoms with van der Waals surface area (Å²) < 4.78 is 0. The fourth-order valence-electron chi connectivity index (χ4n) is 1.17. The van der Waals surface area contributed by atoms with Gasteiger partial charge < -0.3 is 11.5 Å². The van der Waals surface area contributed by atoms with E-state index in [0.717, 1.165) is 5.69 Å². The van der Waals surface area contributed by atoms with E-state index in [2.05, 4.69) is 15.2 Å². The van der Waals surface area contributed by atoms with Gasteiger partial charge in [-0.05, 0) is 18.2 Å². The van der Waals surface area contributed by atoms with Crippen LogP contribution in [0.1, 0.15) is 0 Å². The smallest absolute Gasteiger partial charge is 0.148 e. The first kappa shape index (κ1) is 12.9. The van der Waals surface area contributed by atoms with Gasteiger partial charge in [0.2, 0.25) is 0 Å². The number of aromatic nitrogens is 1. The molecule has 1 aromatic carbocycles. The number of pyridine rings is 1. The van der Waals surface area contributed by atoms with E-state index in [4.69, 9.17) is 11.5 Å². The highest BCUT2D eigenvalue weighted by Crippen LogP contribution is 2.26. The van der Waals surface area contributed by atoms with E-state index < -0.39 is 0 Å². The van der Waals surface area contributed by atoms with Crippen LogP contribution in [-0.2, 0) is 0 Å². The van der Waals surface area contributed by atoms with Crippen molar-refractivity contribution in [3.63, 3.8) is 0 Å². The molecular formula is C11H12ClN5. The summed E-state index contributed by atoms with van der Waals surface area (Å²) in [4.78, 5) is 3.85. The van der Waals surface area contributed by atoms with Crippen molar-refractivity contribution in [2.75, 3.05) is 11.5 Å². The molecule has 5 nitrogen and oxygen atoms in total. The van der Waals surface area contributed by atoms with Crippen molar-refractivity contribution in [2.24, 2.45) is 10.2 Å². The molecule has 1 heterocycles. The molecule has 0 fully saturated rings. The summed E-state index contributed by atoms with van der Waals surface area (Å²) in [6, 6.07) is 11.1. The minimum atomic E-state index is 0. The second-order valence-electron chi connectivity index (χ2n) is 3.16. The molecule has 0 amide bonds. The van der Waals surface area contributed by atoms with Gasteiger partial charge in [0, 0.05) is 6.20 Å². The molecule has 0 bridgehead atoms. The van der Waals surface area contributed by atoms with Crippen molar-refractivity contribution >= 4 is 35.3 Å². The van der Waals surface area contributed by atoms with Gasteiger partial charge in [-0.3, -0.25) is 0 Å². The van der Waals surface area contributed by atoms with Crippen LogP contribution in [-0.4, -0.2) is 4.98 Å². The van der Waals surface area contributed by atoms with Gasteiger partial charge in [-0.15, -0.1) is 17.5 Å². The zero-order valence-electron chi connectivity index (χ0n) is 8.95.